The average Bonchev–Trinajstić information content (AvgIpc) is 2.70. The van der Waals surface area contributed by atoms with Crippen LogP contribution < -0.4 is 15.4 Å². The van der Waals surface area contributed by atoms with E-state index in [0.717, 1.165) is 13.0 Å². The molecule has 0 aliphatic rings. The van der Waals surface area contributed by atoms with Gasteiger partial charge in [0.25, 0.3) is 5.91 Å². The number of nitrogens with zero attached hydrogens (tertiary/aromatic N) is 2. The van der Waals surface area contributed by atoms with Crippen molar-refractivity contribution in [3.05, 3.63) is 78.0 Å². The van der Waals surface area contributed by atoms with Crippen LogP contribution in [0.25, 0.3) is 0 Å². The molecular weight excluding hydrogens is 352 g/mol. The third-order valence-corrected chi connectivity index (χ3v) is 3.96. The van der Waals surface area contributed by atoms with Gasteiger partial charge >= 0.3 is 0 Å². The topological polar surface area (TPSA) is 76.1 Å². The first-order valence-electron chi connectivity index (χ1n) is 9.30. The molecule has 0 unspecified atom stereocenters. The Kier molecular flexibility index (Phi) is 6.57. The third-order valence-electron chi connectivity index (χ3n) is 3.96. The summed E-state index contributed by atoms with van der Waals surface area (Å²) in [6.07, 6.45) is 0.899. The summed E-state index contributed by atoms with van der Waals surface area (Å²) in [6.45, 7) is 4.62. The van der Waals surface area contributed by atoms with Crippen molar-refractivity contribution < 1.29 is 9.53 Å². The van der Waals surface area contributed by atoms with Crippen molar-refractivity contribution in [2.45, 2.75) is 26.4 Å². The molecule has 0 spiro atoms. The minimum absolute atomic E-state index is 0.0130. The molecular formula is C22H24N4O2. The fraction of sp³-hybridized carbons (Fsp3) is 0.227. The summed E-state index contributed by atoms with van der Waals surface area (Å²) >= 11 is 0. The predicted molar refractivity (Wildman–Crippen MR) is 111 cm³/mol. The van der Waals surface area contributed by atoms with E-state index in [4.69, 9.17) is 4.74 Å². The Balaban J connectivity index is 1.57. The highest BCUT2D eigenvalue weighted by Gasteiger charge is 2.12. The second-order valence-electron chi connectivity index (χ2n) is 6.58. The SMILES string of the molecule is CC(C)Oc1ccccc1NC(=O)c1ccc(NCCc2ccccc2)nn1. The molecule has 3 rings (SSSR count). The first kappa shape index (κ1) is 19.4. The maximum absolute atomic E-state index is 12.5. The number of benzene rings is 2. The Hall–Kier alpha value is -3.41. The van der Waals surface area contributed by atoms with E-state index in [1.807, 2.05) is 50.2 Å². The van der Waals surface area contributed by atoms with Gasteiger partial charge in [-0.2, -0.15) is 0 Å². The zero-order valence-electron chi connectivity index (χ0n) is 16.1. The van der Waals surface area contributed by atoms with Crippen LogP contribution in [0.1, 0.15) is 29.9 Å². The molecule has 0 atom stereocenters. The van der Waals surface area contributed by atoms with Crippen LogP contribution in [0.3, 0.4) is 0 Å². The number of aromatic nitrogens is 2. The Bertz CT molecular complexity index is 896. The number of hydrogen-bond donors (Lipinski definition) is 2. The smallest absolute Gasteiger partial charge is 0.276 e. The Morgan fingerprint density at radius 2 is 1.71 bits per heavy atom. The molecule has 1 amide bonds. The Morgan fingerprint density at radius 1 is 0.964 bits per heavy atom. The van der Waals surface area contributed by atoms with E-state index in [0.29, 0.717) is 17.3 Å². The van der Waals surface area contributed by atoms with Crippen molar-refractivity contribution in [1.82, 2.24) is 10.2 Å². The van der Waals surface area contributed by atoms with Crippen LogP contribution in [0.2, 0.25) is 0 Å². The number of amides is 1. The van der Waals surface area contributed by atoms with Gasteiger partial charge in [0.05, 0.1) is 11.8 Å². The van der Waals surface area contributed by atoms with Crippen LogP contribution in [-0.4, -0.2) is 28.8 Å². The quantitative estimate of drug-likeness (QED) is 0.617. The van der Waals surface area contributed by atoms with Crippen LogP contribution in [0.4, 0.5) is 11.5 Å². The number of carbonyl (C=O) groups is 1. The molecule has 6 heteroatoms. The van der Waals surface area contributed by atoms with Crippen LogP contribution >= 0.6 is 0 Å². The lowest BCUT2D eigenvalue weighted by Crippen LogP contribution is -2.16. The number of nitrogens with one attached hydrogen (secondary N) is 2. The standard InChI is InChI=1S/C22H24N4O2/c1-16(2)28-20-11-7-6-10-18(20)24-22(27)19-12-13-21(26-25-19)23-15-14-17-8-4-3-5-9-17/h3-13,16H,14-15H2,1-2H3,(H,23,26)(H,24,27). The van der Waals surface area contributed by atoms with Gasteiger partial charge in [-0.25, -0.2) is 0 Å². The normalized spacial score (nSPS) is 10.5. The molecule has 0 saturated heterocycles. The van der Waals surface area contributed by atoms with Gasteiger partial charge in [-0.05, 0) is 50.1 Å². The van der Waals surface area contributed by atoms with Crippen molar-refractivity contribution >= 4 is 17.4 Å². The van der Waals surface area contributed by atoms with E-state index < -0.39 is 0 Å². The van der Waals surface area contributed by atoms with Gasteiger partial charge < -0.3 is 15.4 Å². The summed E-state index contributed by atoms with van der Waals surface area (Å²) in [6, 6.07) is 20.9. The minimum atomic E-state index is -0.330. The number of rotatable bonds is 8. The first-order chi connectivity index (χ1) is 13.6. The van der Waals surface area contributed by atoms with Gasteiger partial charge in [-0.15, -0.1) is 10.2 Å². The molecule has 3 aromatic rings. The molecule has 1 heterocycles. The number of carbonyl (C=O) groups excluding carboxylic acids is 1. The third kappa shape index (κ3) is 5.54. The summed E-state index contributed by atoms with van der Waals surface area (Å²) in [5.41, 5.74) is 2.10. The molecule has 2 aromatic carbocycles. The number of hydrogen-bond acceptors (Lipinski definition) is 5. The van der Waals surface area contributed by atoms with E-state index in [1.54, 1.807) is 18.2 Å². The fourth-order valence-electron chi connectivity index (χ4n) is 2.64. The van der Waals surface area contributed by atoms with E-state index >= 15 is 0 Å². The molecule has 0 bridgehead atoms. The van der Waals surface area contributed by atoms with Crippen molar-refractivity contribution in [2.75, 3.05) is 17.2 Å². The van der Waals surface area contributed by atoms with Crippen LogP contribution in [-0.2, 0) is 6.42 Å². The van der Waals surface area contributed by atoms with Crippen molar-refractivity contribution in [1.29, 1.82) is 0 Å². The summed E-state index contributed by atoms with van der Waals surface area (Å²) in [5, 5.41) is 14.2. The van der Waals surface area contributed by atoms with Gasteiger partial charge in [-0.3, -0.25) is 4.79 Å². The number of anilines is 2. The van der Waals surface area contributed by atoms with Crippen LogP contribution in [0.5, 0.6) is 5.75 Å². The Labute approximate surface area is 165 Å². The molecule has 28 heavy (non-hydrogen) atoms. The van der Waals surface area contributed by atoms with Crippen LogP contribution in [0.15, 0.2) is 66.7 Å². The highest BCUT2D eigenvalue weighted by molar-refractivity contribution is 6.03. The first-order valence-corrected chi connectivity index (χ1v) is 9.30. The maximum atomic E-state index is 12.5. The van der Waals surface area contributed by atoms with E-state index in [9.17, 15) is 4.79 Å². The van der Waals surface area contributed by atoms with Crippen molar-refractivity contribution in [3.8, 4) is 5.75 Å². The minimum Gasteiger partial charge on any atom is -0.489 e. The molecule has 0 saturated carbocycles. The summed E-state index contributed by atoms with van der Waals surface area (Å²) in [5.74, 6) is 0.928. The van der Waals surface area contributed by atoms with Crippen LogP contribution in [0, 0.1) is 0 Å². The van der Waals surface area contributed by atoms with Gasteiger partial charge in [0.2, 0.25) is 0 Å². The zero-order valence-corrected chi connectivity index (χ0v) is 16.1. The maximum Gasteiger partial charge on any atom is 0.276 e. The van der Waals surface area contributed by atoms with Gasteiger partial charge in [0.1, 0.15) is 11.6 Å². The average molecular weight is 376 g/mol. The summed E-state index contributed by atoms with van der Waals surface area (Å²) in [7, 11) is 0. The molecule has 144 valence electrons. The number of para-hydroxylation sites is 2. The lowest BCUT2D eigenvalue weighted by atomic mass is 10.1. The summed E-state index contributed by atoms with van der Waals surface area (Å²) < 4.78 is 5.72. The molecule has 1 aromatic heterocycles. The zero-order chi connectivity index (χ0) is 19.8. The molecule has 0 aliphatic carbocycles. The molecule has 6 nitrogen and oxygen atoms in total. The Morgan fingerprint density at radius 3 is 2.43 bits per heavy atom. The highest BCUT2D eigenvalue weighted by Crippen LogP contribution is 2.25. The lowest BCUT2D eigenvalue weighted by molar-refractivity contribution is 0.102. The molecule has 0 radical (unpaired) electrons. The second kappa shape index (κ2) is 9.50. The van der Waals surface area contributed by atoms with E-state index in [-0.39, 0.29) is 17.7 Å². The fourth-order valence-corrected chi connectivity index (χ4v) is 2.64. The molecule has 2 N–H and O–H groups in total. The van der Waals surface area contributed by atoms with Gasteiger partial charge in [-0.1, -0.05) is 42.5 Å². The second-order valence-corrected chi connectivity index (χ2v) is 6.58. The predicted octanol–water partition coefficient (Wildman–Crippen LogP) is 4.17. The highest BCUT2D eigenvalue weighted by atomic mass is 16.5. The lowest BCUT2D eigenvalue weighted by Gasteiger charge is -2.14. The molecule has 0 fully saturated rings. The monoisotopic (exact) mass is 376 g/mol. The van der Waals surface area contributed by atoms with Crippen molar-refractivity contribution in [2.24, 2.45) is 0 Å². The van der Waals surface area contributed by atoms with E-state index in [1.165, 1.54) is 5.56 Å². The van der Waals surface area contributed by atoms with Crippen molar-refractivity contribution in [3.63, 3.8) is 0 Å². The van der Waals surface area contributed by atoms with Gasteiger partial charge in [0, 0.05) is 6.54 Å². The number of ether oxygens (including phenoxy) is 1. The molecule has 0 aliphatic heterocycles. The largest absolute Gasteiger partial charge is 0.489 e. The van der Waals surface area contributed by atoms with E-state index in [2.05, 4.69) is 33.0 Å². The summed E-state index contributed by atoms with van der Waals surface area (Å²) in [4.78, 5) is 12.5. The van der Waals surface area contributed by atoms with Gasteiger partial charge in [0.15, 0.2) is 5.69 Å².